The number of ether oxygens (including phenoxy) is 1. The highest BCUT2D eigenvalue weighted by Crippen LogP contribution is 2.27. The van der Waals surface area contributed by atoms with Gasteiger partial charge >= 0.3 is 0 Å². The molecular weight excluding hydrogens is 226 g/mol. The van der Waals surface area contributed by atoms with Crippen molar-refractivity contribution < 1.29 is 9.53 Å². The van der Waals surface area contributed by atoms with Crippen LogP contribution in [0.4, 0.5) is 5.69 Å². The second-order valence-corrected chi connectivity index (χ2v) is 4.35. The fourth-order valence-corrected chi connectivity index (χ4v) is 2.20. The SMILES string of the molecule is COC1CCN(c2cc(Cl)ccc2C=O)C1. The second-order valence-electron chi connectivity index (χ2n) is 3.91. The van der Waals surface area contributed by atoms with Crippen LogP contribution in [0.15, 0.2) is 18.2 Å². The molecule has 0 amide bonds. The number of rotatable bonds is 3. The van der Waals surface area contributed by atoms with Crippen molar-refractivity contribution in [2.75, 3.05) is 25.1 Å². The highest BCUT2D eigenvalue weighted by Gasteiger charge is 2.23. The molecule has 1 atom stereocenters. The molecule has 0 radical (unpaired) electrons. The molecule has 0 aliphatic carbocycles. The molecule has 1 saturated heterocycles. The van der Waals surface area contributed by atoms with Crippen molar-refractivity contribution in [3.8, 4) is 0 Å². The number of methoxy groups -OCH3 is 1. The van der Waals surface area contributed by atoms with Crippen LogP contribution in [0.1, 0.15) is 16.8 Å². The van der Waals surface area contributed by atoms with E-state index in [1.165, 1.54) is 0 Å². The molecule has 1 aromatic rings. The van der Waals surface area contributed by atoms with Crippen LogP contribution in [-0.2, 0) is 4.74 Å². The highest BCUT2D eigenvalue weighted by atomic mass is 35.5. The Bertz CT molecular complexity index is 395. The van der Waals surface area contributed by atoms with Gasteiger partial charge in [0.05, 0.1) is 6.10 Å². The Morgan fingerprint density at radius 3 is 3.00 bits per heavy atom. The van der Waals surface area contributed by atoms with E-state index in [0.29, 0.717) is 10.6 Å². The number of hydrogen-bond acceptors (Lipinski definition) is 3. The van der Waals surface area contributed by atoms with Crippen molar-refractivity contribution in [1.29, 1.82) is 0 Å². The molecule has 0 N–H and O–H groups in total. The Morgan fingerprint density at radius 2 is 2.38 bits per heavy atom. The van der Waals surface area contributed by atoms with E-state index in [9.17, 15) is 4.79 Å². The summed E-state index contributed by atoms with van der Waals surface area (Å²) >= 11 is 5.95. The minimum Gasteiger partial charge on any atom is -0.380 e. The lowest BCUT2D eigenvalue weighted by molar-refractivity contribution is 0.112. The van der Waals surface area contributed by atoms with E-state index in [2.05, 4.69) is 4.90 Å². The van der Waals surface area contributed by atoms with Crippen molar-refractivity contribution in [1.82, 2.24) is 0 Å². The van der Waals surface area contributed by atoms with E-state index in [0.717, 1.165) is 31.5 Å². The topological polar surface area (TPSA) is 29.5 Å². The molecule has 3 nitrogen and oxygen atoms in total. The van der Waals surface area contributed by atoms with Crippen LogP contribution in [0.25, 0.3) is 0 Å². The number of benzene rings is 1. The molecular formula is C12H14ClNO2. The molecule has 86 valence electrons. The maximum absolute atomic E-state index is 10.9. The van der Waals surface area contributed by atoms with Gasteiger partial charge in [0.2, 0.25) is 0 Å². The molecule has 0 saturated carbocycles. The molecule has 1 heterocycles. The summed E-state index contributed by atoms with van der Waals surface area (Å²) in [5.74, 6) is 0. The molecule has 1 aliphatic rings. The summed E-state index contributed by atoms with van der Waals surface area (Å²) in [5.41, 5.74) is 1.59. The standard InChI is InChI=1S/C12H14ClNO2/c1-16-11-4-5-14(7-11)12-6-10(13)3-2-9(12)8-15/h2-3,6,8,11H,4-5,7H2,1H3. The number of nitrogens with zero attached hydrogens (tertiary/aromatic N) is 1. The van der Waals surface area contributed by atoms with Crippen LogP contribution in [0.2, 0.25) is 5.02 Å². The number of aldehydes is 1. The van der Waals surface area contributed by atoms with Gasteiger partial charge in [-0.25, -0.2) is 0 Å². The zero-order valence-electron chi connectivity index (χ0n) is 9.15. The number of carbonyl (C=O) groups is 1. The summed E-state index contributed by atoms with van der Waals surface area (Å²) in [6.07, 6.45) is 2.10. The molecule has 2 rings (SSSR count). The molecule has 1 aliphatic heterocycles. The molecule has 0 aromatic heterocycles. The van der Waals surface area contributed by atoms with Gasteiger partial charge in [-0.3, -0.25) is 4.79 Å². The van der Waals surface area contributed by atoms with Crippen LogP contribution in [0, 0.1) is 0 Å². The lowest BCUT2D eigenvalue weighted by atomic mass is 10.2. The zero-order valence-corrected chi connectivity index (χ0v) is 9.91. The Morgan fingerprint density at radius 1 is 1.56 bits per heavy atom. The third kappa shape index (κ3) is 2.20. The Balaban J connectivity index is 2.26. The first kappa shape index (κ1) is 11.4. The maximum Gasteiger partial charge on any atom is 0.152 e. The fourth-order valence-electron chi connectivity index (χ4n) is 2.03. The van der Waals surface area contributed by atoms with E-state index < -0.39 is 0 Å². The summed E-state index contributed by atoms with van der Waals surface area (Å²) in [6.45, 7) is 1.72. The lowest BCUT2D eigenvalue weighted by Gasteiger charge is -2.20. The van der Waals surface area contributed by atoms with Crippen molar-refractivity contribution in [3.05, 3.63) is 28.8 Å². The maximum atomic E-state index is 10.9. The molecule has 0 spiro atoms. The van der Waals surface area contributed by atoms with Crippen LogP contribution >= 0.6 is 11.6 Å². The van der Waals surface area contributed by atoms with Gasteiger partial charge in [0.15, 0.2) is 6.29 Å². The second kappa shape index (κ2) is 4.85. The molecule has 1 fully saturated rings. The van der Waals surface area contributed by atoms with Crippen LogP contribution in [0.3, 0.4) is 0 Å². The quantitative estimate of drug-likeness (QED) is 0.759. The Hall–Kier alpha value is -1.06. The Kier molecular flexibility index (Phi) is 3.46. The van der Waals surface area contributed by atoms with Gasteiger partial charge in [0.25, 0.3) is 0 Å². The normalized spacial score (nSPS) is 20.1. The van der Waals surface area contributed by atoms with Gasteiger partial charge in [-0.05, 0) is 24.6 Å². The number of anilines is 1. The van der Waals surface area contributed by atoms with Gasteiger partial charge < -0.3 is 9.64 Å². The first-order chi connectivity index (χ1) is 7.74. The predicted molar refractivity (Wildman–Crippen MR) is 64.5 cm³/mol. The van der Waals surface area contributed by atoms with Crippen LogP contribution in [-0.4, -0.2) is 32.6 Å². The highest BCUT2D eigenvalue weighted by molar-refractivity contribution is 6.31. The number of halogens is 1. The molecule has 1 unspecified atom stereocenters. The minimum absolute atomic E-state index is 0.249. The van der Waals surface area contributed by atoms with Crippen molar-refractivity contribution >= 4 is 23.6 Å². The van der Waals surface area contributed by atoms with Gasteiger partial charge in [0.1, 0.15) is 0 Å². The minimum atomic E-state index is 0.249. The molecule has 0 bridgehead atoms. The van der Waals surface area contributed by atoms with Crippen molar-refractivity contribution in [2.45, 2.75) is 12.5 Å². The van der Waals surface area contributed by atoms with E-state index >= 15 is 0 Å². The van der Waals surface area contributed by atoms with Gasteiger partial charge in [-0.1, -0.05) is 11.6 Å². The molecule has 1 aromatic carbocycles. The Labute approximate surface area is 100.0 Å². The smallest absolute Gasteiger partial charge is 0.152 e. The third-order valence-corrected chi connectivity index (χ3v) is 3.17. The summed E-state index contributed by atoms with van der Waals surface area (Å²) in [5, 5.41) is 0.654. The van der Waals surface area contributed by atoms with E-state index in [-0.39, 0.29) is 6.10 Å². The van der Waals surface area contributed by atoms with E-state index in [1.807, 2.05) is 6.07 Å². The lowest BCUT2D eigenvalue weighted by Crippen LogP contribution is -2.23. The average molecular weight is 240 g/mol. The monoisotopic (exact) mass is 239 g/mol. The summed E-state index contributed by atoms with van der Waals surface area (Å²) in [6, 6.07) is 5.33. The summed E-state index contributed by atoms with van der Waals surface area (Å²) in [4.78, 5) is 13.1. The van der Waals surface area contributed by atoms with Gasteiger partial charge in [-0.2, -0.15) is 0 Å². The first-order valence-electron chi connectivity index (χ1n) is 5.27. The van der Waals surface area contributed by atoms with Crippen LogP contribution in [0.5, 0.6) is 0 Å². The van der Waals surface area contributed by atoms with E-state index in [1.54, 1.807) is 19.2 Å². The predicted octanol–water partition coefficient (Wildman–Crippen LogP) is 2.38. The number of hydrogen-bond donors (Lipinski definition) is 0. The third-order valence-electron chi connectivity index (χ3n) is 2.94. The molecule has 4 heteroatoms. The van der Waals surface area contributed by atoms with Crippen molar-refractivity contribution in [2.24, 2.45) is 0 Å². The van der Waals surface area contributed by atoms with Crippen molar-refractivity contribution in [3.63, 3.8) is 0 Å². The van der Waals surface area contributed by atoms with Gasteiger partial charge in [-0.15, -0.1) is 0 Å². The average Bonchev–Trinajstić information content (AvgIpc) is 2.77. The fraction of sp³-hybridized carbons (Fsp3) is 0.417. The summed E-state index contributed by atoms with van der Waals surface area (Å²) < 4.78 is 5.30. The zero-order chi connectivity index (χ0) is 11.5. The molecule has 16 heavy (non-hydrogen) atoms. The first-order valence-corrected chi connectivity index (χ1v) is 5.65. The largest absolute Gasteiger partial charge is 0.380 e. The number of carbonyl (C=O) groups excluding carboxylic acids is 1. The summed E-state index contributed by atoms with van der Waals surface area (Å²) in [7, 11) is 1.72. The van der Waals surface area contributed by atoms with Gasteiger partial charge in [0, 0.05) is 36.5 Å². The van der Waals surface area contributed by atoms with Crippen LogP contribution < -0.4 is 4.90 Å². The van der Waals surface area contributed by atoms with E-state index in [4.69, 9.17) is 16.3 Å².